The van der Waals surface area contributed by atoms with Crippen LogP contribution in [-0.2, 0) is 24.0 Å². The van der Waals surface area contributed by atoms with Crippen LogP contribution in [0.4, 0.5) is 0 Å². The van der Waals surface area contributed by atoms with Gasteiger partial charge in [-0.2, -0.15) is 0 Å². The number of carbonyl (C=O) groups is 5. The third-order valence-corrected chi connectivity index (χ3v) is 7.45. The molecule has 4 atom stereocenters. The number of aromatic hydroxyl groups is 1. The maximum atomic E-state index is 13.3. The Morgan fingerprint density at radius 3 is 2.53 bits per heavy atom. The second kappa shape index (κ2) is 7.90. The highest BCUT2D eigenvalue weighted by Gasteiger charge is 2.56. The van der Waals surface area contributed by atoms with Crippen molar-refractivity contribution in [3.8, 4) is 5.75 Å². The number of likely N-dealkylation sites (tertiary alicyclic amines) is 1. The number of para-hydroxylation sites is 1. The first-order chi connectivity index (χ1) is 16.2. The van der Waals surface area contributed by atoms with Gasteiger partial charge in [-0.1, -0.05) is 29.8 Å². The number of nitrogens with zero attached hydrogens (tertiary/aromatic N) is 1. The Hall–Kier alpha value is -3.81. The molecular formula is C26H23NO7. The number of carboxylic acids is 1. The van der Waals surface area contributed by atoms with Crippen LogP contribution >= 0.6 is 0 Å². The summed E-state index contributed by atoms with van der Waals surface area (Å²) in [5.74, 6) is -5.09. The summed E-state index contributed by atoms with van der Waals surface area (Å²) in [6.45, 7) is 1.39. The molecule has 2 amide bonds. The lowest BCUT2D eigenvalue weighted by atomic mass is 9.59. The number of carboxylic acid groups (broad SMARTS) is 1. The lowest BCUT2D eigenvalue weighted by Crippen LogP contribution is -2.40. The van der Waals surface area contributed by atoms with E-state index in [1.54, 1.807) is 25.1 Å². The summed E-state index contributed by atoms with van der Waals surface area (Å²) in [5, 5.41) is 19.7. The summed E-state index contributed by atoms with van der Waals surface area (Å²) in [6, 6.07) is 6.62. The van der Waals surface area contributed by atoms with Crippen molar-refractivity contribution in [2.45, 2.75) is 32.1 Å². The maximum Gasteiger partial charge on any atom is 0.305 e. The van der Waals surface area contributed by atoms with Gasteiger partial charge in [0.05, 0.1) is 18.3 Å². The Morgan fingerprint density at radius 1 is 1.09 bits per heavy atom. The minimum absolute atomic E-state index is 0.0209. The predicted molar refractivity (Wildman–Crippen MR) is 118 cm³/mol. The lowest BCUT2D eigenvalue weighted by Gasteiger charge is -2.42. The number of phenolic OH excluding ortho intramolecular Hbond substituents is 1. The molecule has 0 radical (unpaired) electrons. The van der Waals surface area contributed by atoms with Gasteiger partial charge in [-0.05, 0) is 37.8 Å². The highest BCUT2D eigenvalue weighted by molar-refractivity contribution is 6.24. The summed E-state index contributed by atoms with van der Waals surface area (Å²) >= 11 is 0. The largest absolute Gasteiger partial charge is 0.508 e. The van der Waals surface area contributed by atoms with Gasteiger partial charge in [0, 0.05) is 34.7 Å². The van der Waals surface area contributed by atoms with Crippen LogP contribution in [0.5, 0.6) is 5.75 Å². The number of hydrogen-bond donors (Lipinski definition) is 2. The molecule has 0 aromatic heterocycles. The van der Waals surface area contributed by atoms with Crippen LogP contribution in [0, 0.1) is 17.8 Å². The summed E-state index contributed by atoms with van der Waals surface area (Å²) in [4.78, 5) is 64.6. The van der Waals surface area contributed by atoms with E-state index in [2.05, 4.69) is 0 Å². The van der Waals surface area contributed by atoms with E-state index in [0.29, 0.717) is 22.3 Å². The fourth-order valence-electron chi connectivity index (χ4n) is 5.94. The maximum absolute atomic E-state index is 13.3. The summed E-state index contributed by atoms with van der Waals surface area (Å²) < 4.78 is 0. The molecule has 1 aromatic carbocycles. The number of phenols is 1. The molecule has 1 saturated heterocycles. The molecule has 4 aliphatic rings. The van der Waals surface area contributed by atoms with E-state index < -0.39 is 41.5 Å². The fourth-order valence-corrected chi connectivity index (χ4v) is 5.94. The minimum atomic E-state index is -1.10. The van der Waals surface area contributed by atoms with Gasteiger partial charge < -0.3 is 10.2 Å². The van der Waals surface area contributed by atoms with E-state index in [0.717, 1.165) is 10.5 Å². The van der Waals surface area contributed by atoms with Crippen LogP contribution in [0.2, 0.25) is 0 Å². The Labute approximate surface area is 195 Å². The number of hydrogen-bond acceptors (Lipinski definition) is 6. The SMILES string of the molecule is CC1=CC(=O)C2=C(C1=O)C(c1ccccc1O)C1=CCC3C(=O)N(CCC(=O)O)C(=O)C3C1C2. The highest BCUT2D eigenvalue weighted by atomic mass is 16.4. The molecule has 8 heteroatoms. The molecule has 0 spiro atoms. The monoisotopic (exact) mass is 461 g/mol. The van der Waals surface area contributed by atoms with Gasteiger partial charge in [0.2, 0.25) is 11.8 Å². The number of allylic oxidation sites excluding steroid dienone is 6. The zero-order chi connectivity index (χ0) is 24.3. The molecule has 34 heavy (non-hydrogen) atoms. The molecule has 4 unspecified atom stereocenters. The molecule has 5 rings (SSSR count). The van der Waals surface area contributed by atoms with Gasteiger partial charge >= 0.3 is 5.97 Å². The normalized spacial score (nSPS) is 28.3. The summed E-state index contributed by atoms with van der Waals surface area (Å²) in [5.41, 5.74) is 2.19. The van der Waals surface area contributed by atoms with E-state index in [1.165, 1.54) is 12.1 Å². The first-order valence-electron chi connectivity index (χ1n) is 11.3. The van der Waals surface area contributed by atoms with E-state index in [4.69, 9.17) is 5.11 Å². The number of aliphatic carboxylic acids is 1. The molecule has 1 heterocycles. The van der Waals surface area contributed by atoms with Crippen LogP contribution in [-0.4, -0.2) is 51.0 Å². The molecule has 0 saturated carbocycles. The van der Waals surface area contributed by atoms with Crippen molar-refractivity contribution >= 4 is 29.4 Å². The van der Waals surface area contributed by atoms with Gasteiger partial charge in [0.15, 0.2) is 11.6 Å². The van der Waals surface area contributed by atoms with Crippen molar-refractivity contribution in [1.82, 2.24) is 4.90 Å². The summed E-state index contributed by atoms with van der Waals surface area (Å²) in [7, 11) is 0. The van der Waals surface area contributed by atoms with E-state index in [1.807, 2.05) is 6.08 Å². The number of carbonyl (C=O) groups excluding carboxylic acids is 4. The van der Waals surface area contributed by atoms with Gasteiger partial charge in [-0.3, -0.25) is 28.9 Å². The third-order valence-electron chi connectivity index (χ3n) is 7.45. The van der Waals surface area contributed by atoms with Gasteiger partial charge in [0.1, 0.15) is 5.75 Å². The lowest BCUT2D eigenvalue weighted by molar-refractivity contribution is -0.142. The van der Waals surface area contributed by atoms with E-state index in [9.17, 15) is 29.1 Å². The summed E-state index contributed by atoms with van der Waals surface area (Å²) in [6.07, 6.45) is 3.25. The number of benzene rings is 1. The van der Waals surface area contributed by atoms with E-state index >= 15 is 0 Å². The topological polar surface area (TPSA) is 129 Å². The van der Waals surface area contributed by atoms with Crippen molar-refractivity contribution in [2.24, 2.45) is 17.8 Å². The molecule has 1 aliphatic heterocycles. The molecule has 174 valence electrons. The van der Waals surface area contributed by atoms with Crippen LogP contribution in [0.3, 0.4) is 0 Å². The first-order valence-corrected chi connectivity index (χ1v) is 11.3. The van der Waals surface area contributed by atoms with Crippen LogP contribution < -0.4 is 0 Å². The number of imide groups is 1. The molecule has 8 nitrogen and oxygen atoms in total. The second-order valence-electron chi connectivity index (χ2n) is 9.26. The quantitative estimate of drug-likeness (QED) is 0.400. The predicted octanol–water partition coefficient (Wildman–Crippen LogP) is 2.30. The highest BCUT2D eigenvalue weighted by Crippen LogP contribution is 2.55. The Bertz CT molecular complexity index is 1270. The van der Waals surface area contributed by atoms with Crippen molar-refractivity contribution in [2.75, 3.05) is 6.54 Å². The van der Waals surface area contributed by atoms with Crippen molar-refractivity contribution in [3.05, 3.63) is 64.3 Å². The standard InChI is InChI=1S/C26H23NO7/c1-12-10-19(29)17-11-16-13(21(23(17)24(12)32)14-4-2-3-5-18(14)28)6-7-15-22(16)26(34)27(25(15)33)9-8-20(30)31/h2-6,10,15-16,21-22,28H,7-9,11H2,1H3,(H,30,31). The van der Waals surface area contributed by atoms with Crippen molar-refractivity contribution < 1.29 is 34.2 Å². The van der Waals surface area contributed by atoms with Crippen LogP contribution in [0.1, 0.15) is 37.7 Å². The number of fused-ring (bicyclic) bond motifs is 3. The Morgan fingerprint density at radius 2 is 1.82 bits per heavy atom. The number of Topliss-reactive ketones (excluding diaryl/α,β-unsaturated/α-hetero) is 1. The van der Waals surface area contributed by atoms with Gasteiger partial charge in [0.25, 0.3) is 0 Å². The van der Waals surface area contributed by atoms with Crippen LogP contribution in [0.25, 0.3) is 0 Å². The second-order valence-corrected chi connectivity index (χ2v) is 9.26. The van der Waals surface area contributed by atoms with Crippen molar-refractivity contribution in [3.63, 3.8) is 0 Å². The zero-order valence-electron chi connectivity index (χ0n) is 18.5. The molecule has 1 fully saturated rings. The van der Waals surface area contributed by atoms with Gasteiger partial charge in [-0.25, -0.2) is 0 Å². The van der Waals surface area contributed by atoms with Crippen molar-refractivity contribution in [1.29, 1.82) is 0 Å². The zero-order valence-corrected chi connectivity index (χ0v) is 18.5. The smallest absolute Gasteiger partial charge is 0.305 e. The fraction of sp³-hybridized carbons (Fsp3) is 0.346. The number of ketones is 2. The molecule has 2 N–H and O–H groups in total. The average molecular weight is 461 g/mol. The Kier molecular flexibility index (Phi) is 5.11. The average Bonchev–Trinajstić information content (AvgIpc) is 3.05. The molecular weight excluding hydrogens is 438 g/mol. The Balaban J connectivity index is 1.63. The molecule has 3 aliphatic carbocycles. The number of amides is 2. The third kappa shape index (κ3) is 3.16. The minimum Gasteiger partial charge on any atom is -0.508 e. The van der Waals surface area contributed by atoms with Gasteiger partial charge in [-0.15, -0.1) is 0 Å². The van der Waals surface area contributed by atoms with Crippen LogP contribution in [0.15, 0.2) is 58.7 Å². The molecule has 0 bridgehead atoms. The first kappa shape index (κ1) is 22.0. The number of rotatable bonds is 4. The van der Waals surface area contributed by atoms with E-state index in [-0.39, 0.29) is 43.1 Å². The molecule has 1 aromatic rings.